The molecule has 42 heteroatoms. The van der Waals surface area contributed by atoms with E-state index in [2.05, 4.69) is 109 Å². The molecule has 0 saturated heterocycles. The normalized spacial score (nSPS) is 11.4. The Kier molecular flexibility index (Phi) is 16.8. The fourth-order valence-corrected chi connectivity index (χ4v) is 16.0. The highest BCUT2D eigenvalue weighted by Gasteiger charge is 2.32. The van der Waals surface area contributed by atoms with Crippen LogP contribution in [0.5, 0.6) is 0 Å². The van der Waals surface area contributed by atoms with Gasteiger partial charge in [0, 0.05) is 10.8 Å². The van der Waals surface area contributed by atoms with Gasteiger partial charge in [-0.2, -0.15) is 0 Å². The van der Waals surface area contributed by atoms with E-state index >= 15 is 0 Å². The van der Waals surface area contributed by atoms with E-state index in [1.807, 2.05) is 12.1 Å². The largest absolute Gasteiger partial charge is 0.453 e. The van der Waals surface area contributed by atoms with Crippen molar-refractivity contribution in [2.45, 2.75) is 0 Å². The zero-order valence-corrected chi connectivity index (χ0v) is 64.7. The van der Waals surface area contributed by atoms with Crippen LogP contribution in [0.1, 0.15) is 43.9 Å². The number of furan rings is 12. The van der Waals surface area contributed by atoms with Gasteiger partial charge in [0.1, 0.15) is 23.0 Å². The van der Waals surface area contributed by atoms with Crippen LogP contribution < -0.4 is 0 Å². The monoisotopic (exact) mass is 1730 g/mol. The number of aromatic nitrogens is 12. The molecule has 22 aromatic heterocycles. The number of benzene rings is 1. The Bertz CT molecular complexity index is 8310. The minimum atomic E-state index is -0.691. The van der Waals surface area contributed by atoms with E-state index in [0.717, 1.165) is 0 Å². The molecule has 0 unspecified atom stereocenters. The standard InChI is InChI=1S/C86H30N16O24S2/c103-99(104)83-77-73(91-123-95-77)49(35-87-83)53-17-21-65(115-53)69-29-25-61(119-69)57-13-5-39(111-57)1-9-43-33-47-45(11-3-41-7-15-59(113-41)63-27-31-71(121-63)67-23-19-55(117-67)51-37-89-85(101(107)108)79-75(51)93-125-97-79)82-48(34-44(128-82)10-2-40-6-14-58(112-40)62-26-30-70(120-62)66-22-18-54(116-66)50-36-88-84(100(105)106)78-74(50)92-124-96-78)46(81(47)127-43)12-4-42-8-16-60(114-42)64-28-32-72(122-64)68-24-20-56(118-68)52-38-90-86(102(109)110)80-76(52)94-126-98-80/h5-8,13-38H. The molecular formula is C86H30N16O24S2. The van der Waals surface area contributed by atoms with Crippen molar-refractivity contribution in [3.05, 3.63) is 267 Å². The Morgan fingerprint density at radius 1 is 0.234 bits per heavy atom. The molecule has 40 nitrogen and oxygen atoms in total. The summed E-state index contributed by atoms with van der Waals surface area (Å²) in [5.41, 5.74) is 2.01. The Labute approximate surface area is 710 Å². The molecule has 0 radical (unpaired) electrons. The number of hydrogen-bond donors (Lipinski definition) is 0. The molecule has 0 aliphatic heterocycles. The van der Waals surface area contributed by atoms with Gasteiger partial charge in [0.15, 0.2) is 162 Å². The molecule has 0 spiro atoms. The van der Waals surface area contributed by atoms with Crippen LogP contribution in [0, 0.1) is 87.8 Å². The lowest BCUT2D eigenvalue weighted by Gasteiger charge is -2.02. The number of nitro groups is 4. The quantitative estimate of drug-likeness (QED) is 0.0492. The molecule has 0 atom stereocenters. The molecule has 610 valence electrons. The second kappa shape index (κ2) is 29.2. The molecule has 23 aromatic rings. The molecule has 0 aliphatic carbocycles. The Morgan fingerprint density at radius 3 is 0.664 bits per heavy atom. The fraction of sp³-hybridized carbons (Fsp3) is 0. The Hall–Kier alpha value is -19.5. The zero-order valence-electron chi connectivity index (χ0n) is 63.1. The predicted molar refractivity (Wildman–Crippen MR) is 439 cm³/mol. The summed E-state index contributed by atoms with van der Waals surface area (Å²) in [6, 6.07) is 44.0. The molecule has 0 amide bonds. The number of hydrogen-bond acceptors (Lipinski definition) is 38. The van der Waals surface area contributed by atoms with Crippen molar-refractivity contribution >= 4 is 110 Å². The van der Waals surface area contributed by atoms with Gasteiger partial charge in [-0.25, -0.2) is 18.5 Å². The summed E-state index contributed by atoms with van der Waals surface area (Å²) in [5.74, 6) is 31.4. The third-order valence-electron chi connectivity index (χ3n) is 19.8. The van der Waals surface area contributed by atoms with Crippen LogP contribution in [0.3, 0.4) is 0 Å². The molecule has 128 heavy (non-hydrogen) atoms. The van der Waals surface area contributed by atoms with Crippen LogP contribution >= 0.6 is 22.7 Å². The summed E-state index contributed by atoms with van der Waals surface area (Å²) >= 11 is 2.68. The molecular weight excluding hydrogens is 1710 g/mol. The van der Waals surface area contributed by atoms with Crippen molar-refractivity contribution in [3.8, 4) is 185 Å². The smallest absolute Gasteiger partial charge is 0.395 e. The first-order valence-corrected chi connectivity index (χ1v) is 38.6. The van der Waals surface area contributed by atoms with E-state index in [9.17, 15) is 40.5 Å². The van der Waals surface area contributed by atoms with Crippen molar-refractivity contribution in [2.75, 3.05) is 0 Å². The number of nitrogens with zero attached hydrogens (tertiary/aromatic N) is 16. The average Bonchev–Trinajstić information content (AvgIpc) is 1.58. The SMILES string of the molecule is O=[N+]([O-])c1ncc(-c2ccc(-c3ccc(-c4ccc(C#Cc5cc6c(C#Cc7ccc(-c8ccc(-c9ccc(-c%10cnc([N+](=O)[O-])c%11nonc%10%11)o9)o8)o7)c7sc(C#Cc8ccc(-c9ccc(-c%10ccc(-c%11cnc([N+](=O)[O-])c%12nonc%11%12)o%10)o9)o8)cc7c(C#Cc7ccc(-c8ccc(-c9ccc(-c%10cnc([N+](=O)[O-])c%11nonc%10%11)o9)o8)o7)c6s5)o4)o3)o2)c2nonc12. The third kappa shape index (κ3) is 12.8. The van der Waals surface area contributed by atoms with Crippen molar-refractivity contribution in [3.63, 3.8) is 0 Å². The molecule has 0 bridgehead atoms. The maximum atomic E-state index is 11.7. The lowest BCUT2D eigenvalue weighted by atomic mass is 10.0. The lowest BCUT2D eigenvalue weighted by molar-refractivity contribution is -0.388. The third-order valence-corrected chi connectivity index (χ3v) is 21.9. The summed E-state index contributed by atoms with van der Waals surface area (Å²) in [7, 11) is 0. The van der Waals surface area contributed by atoms with Crippen LogP contribution in [0.4, 0.5) is 23.3 Å². The van der Waals surface area contributed by atoms with Gasteiger partial charge in [0.05, 0.1) is 52.5 Å². The van der Waals surface area contributed by atoms with Gasteiger partial charge in [-0.15, -0.1) is 22.7 Å². The number of thiophene rings is 2. The van der Waals surface area contributed by atoms with Gasteiger partial charge < -0.3 is 93.5 Å². The Balaban J connectivity index is 0.594. The van der Waals surface area contributed by atoms with Crippen molar-refractivity contribution in [2.24, 2.45) is 0 Å². The van der Waals surface area contributed by atoms with Crippen LogP contribution in [-0.4, -0.2) is 80.9 Å². The van der Waals surface area contributed by atoms with Gasteiger partial charge in [0.2, 0.25) is 22.1 Å². The van der Waals surface area contributed by atoms with E-state index < -0.39 is 43.0 Å². The van der Waals surface area contributed by atoms with Crippen molar-refractivity contribution in [1.82, 2.24) is 61.2 Å². The first-order valence-electron chi connectivity index (χ1n) is 37.0. The number of rotatable bonds is 16. The first-order chi connectivity index (χ1) is 62.6. The van der Waals surface area contributed by atoms with Crippen LogP contribution in [0.25, 0.3) is 202 Å². The summed E-state index contributed by atoms with van der Waals surface area (Å²) in [4.78, 5) is 60.8. The van der Waals surface area contributed by atoms with Crippen LogP contribution in [-0.2, 0) is 0 Å². The van der Waals surface area contributed by atoms with Gasteiger partial charge in [-0.3, -0.25) is 0 Å². The summed E-state index contributed by atoms with van der Waals surface area (Å²) < 4.78 is 95.7. The highest BCUT2D eigenvalue weighted by atomic mass is 32.1. The zero-order chi connectivity index (χ0) is 86.1. The molecule has 1 aromatic carbocycles. The topological polar surface area (TPSA) is 537 Å². The van der Waals surface area contributed by atoms with E-state index in [0.29, 0.717) is 155 Å². The maximum Gasteiger partial charge on any atom is 0.395 e. The van der Waals surface area contributed by atoms with E-state index in [1.54, 1.807) is 146 Å². The summed E-state index contributed by atoms with van der Waals surface area (Å²) in [6.45, 7) is 0. The molecule has 23 rings (SSSR count). The minimum absolute atomic E-state index is 0.0748. The molecule has 0 aliphatic rings. The molecule has 0 saturated carbocycles. The van der Waals surface area contributed by atoms with Crippen molar-refractivity contribution in [1.29, 1.82) is 0 Å². The van der Waals surface area contributed by atoms with Gasteiger partial charge in [-0.05, 0) is 274 Å². The van der Waals surface area contributed by atoms with E-state index in [-0.39, 0.29) is 90.2 Å². The number of fused-ring (bicyclic) bond motifs is 6. The predicted octanol–water partition coefficient (Wildman–Crippen LogP) is 20.2. The van der Waals surface area contributed by atoms with Crippen molar-refractivity contribution < 1.29 is 91.2 Å². The van der Waals surface area contributed by atoms with Gasteiger partial charge >= 0.3 is 23.3 Å². The summed E-state index contributed by atoms with van der Waals surface area (Å²) in [6.07, 6.45) is 4.99. The highest BCUT2D eigenvalue weighted by molar-refractivity contribution is 7.21. The average molecular weight is 1740 g/mol. The van der Waals surface area contributed by atoms with E-state index in [1.165, 1.54) is 47.5 Å². The first kappa shape index (κ1) is 73.7. The number of pyridine rings is 4. The lowest BCUT2D eigenvalue weighted by Crippen LogP contribution is -1.94. The minimum Gasteiger partial charge on any atom is -0.453 e. The second-order valence-electron chi connectivity index (χ2n) is 27.3. The summed E-state index contributed by atoms with van der Waals surface area (Å²) in [5, 5.41) is 78.1. The molecule has 0 fully saturated rings. The molecule has 0 N–H and O–H groups in total. The fourth-order valence-electron chi connectivity index (χ4n) is 14.0. The van der Waals surface area contributed by atoms with Crippen LogP contribution in [0.2, 0.25) is 0 Å². The van der Waals surface area contributed by atoms with E-state index in [4.69, 9.17) is 71.5 Å². The van der Waals surface area contributed by atoms with Crippen LogP contribution in [0.15, 0.2) is 254 Å². The highest BCUT2D eigenvalue weighted by Crippen LogP contribution is 2.46. The van der Waals surface area contributed by atoms with Gasteiger partial charge in [0.25, 0.3) is 0 Å². The Morgan fingerprint density at radius 2 is 0.430 bits per heavy atom. The molecule has 22 heterocycles. The maximum absolute atomic E-state index is 11.7. The van der Waals surface area contributed by atoms with Gasteiger partial charge in [-0.1, -0.05) is 11.8 Å². The second-order valence-corrected chi connectivity index (χ2v) is 29.4.